The van der Waals surface area contributed by atoms with Crippen LogP contribution in [0.15, 0.2) is 48.8 Å². The number of amides is 1. The Hall–Kier alpha value is -2.24. The second-order valence-corrected chi connectivity index (χ2v) is 9.79. The number of likely N-dealkylation sites (N-methyl/N-ethyl adjacent to an activating group) is 1. The molecule has 31 heavy (non-hydrogen) atoms. The topological polar surface area (TPSA) is 39.7 Å². The SMILES string of the molecule is CN1CCN(C(=O)C[C@H]2CC3(CCN(Cc4cccnc4)CC3)c3ccccc32)CC1. The Labute approximate surface area is 186 Å². The second-order valence-electron chi connectivity index (χ2n) is 9.79. The van der Waals surface area contributed by atoms with Gasteiger partial charge in [-0.05, 0) is 73.5 Å². The Balaban J connectivity index is 1.26. The van der Waals surface area contributed by atoms with Gasteiger partial charge in [-0.2, -0.15) is 0 Å². The van der Waals surface area contributed by atoms with Gasteiger partial charge in [-0.3, -0.25) is 14.7 Å². The van der Waals surface area contributed by atoms with Crippen molar-refractivity contribution in [3.05, 3.63) is 65.5 Å². The number of aromatic nitrogens is 1. The molecule has 3 aliphatic rings. The molecule has 0 N–H and O–H groups in total. The number of rotatable bonds is 4. The normalized spacial score (nSPS) is 23.8. The first-order chi connectivity index (χ1) is 15.1. The lowest BCUT2D eigenvalue weighted by molar-refractivity contribution is -0.133. The fourth-order valence-corrected chi connectivity index (χ4v) is 5.97. The van der Waals surface area contributed by atoms with Crippen LogP contribution in [0.4, 0.5) is 0 Å². The highest BCUT2D eigenvalue weighted by atomic mass is 16.2. The molecule has 2 fully saturated rings. The van der Waals surface area contributed by atoms with Crippen molar-refractivity contribution in [3.63, 3.8) is 0 Å². The van der Waals surface area contributed by atoms with Gasteiger partial charge in [0.1, 0.15) is 0 Å². The number of piperidine rings is 1. The number of benzene rings is 1. The molecule has 1 aromatic heterocycles. The molecule has 2 aromatic rings. The van der Waals surface area contributed by atoms with Crippen LogP contribution in [0, 0.1) is 0 Å². The average molecular weight is 419 g/mol. The molecule has 1 spiro atoms. The summed E-state index contributed by atoms with van der Waals surface area (Å²) >= 11 is 0. The summed E-state index contributed by atoms with van der Waals surface area (Å²) in [5, 5.41) is 0. The molecular weight excluding hydrogens is 384 g/mol. The van der Waals surface area contributed by atoms with Crippen LogP contribution >= 0.6 is 0 Å². The fraction of sp³-hybridized carbons (Fsp3) is 0.538. The minimum atomic E-state index is 0.245. The number of hydrogen-bond acceptors (Lipinski definition) is 4. The minimum Gasteiger partial charge on any atom is -0.340 e. The van der Waals surface area contributed by atoms with Gasteiger partial charge in [0.25, 0.3) is 0 Å². The van der Waals surface area contributed by atoms with Crippen molar-refractivity contribution < 1.29 is 4.79 Å². The Bertz CT molecular complexity index is 899. The molecule has 2 aliphatic heterocycles. The molecule has 1 aliphatic carbocycles. The molecule has 2 saturated heterocycles. The van der Waals surface area contributed by atoms with Crippen molar-refractivity contribution in [2.24, 2.45) is 0 Å². The van der Waals surface area contributed by atoms with E-state index in [2.05, 4.69) is 57.1 Å². The standard InChI is InChI=1S/C26H34N4O/c1-28-13-15-30(16-14-28)25(31)17-22-18-26(24-7-3-2-6-23(22)24)8-11-29(12-9-26)20-21-5-4-10-27-19-21/h2-7,10,19,22H,8-9,11-18,20H2,1H3/t22-/m0/s1. The van der Waals surface area contributed by atoms with Crippen LogP contribution in [0.3, 0.4) is 0 Å². The van der Waals surface area contributed by atoms with Gasteiger partial charge in [-0.1, -0.05) is 30.3 Å². The van der Waals surface area contributed by atoms with Gasteiger partial charge in [-0.15, -0.1) is 0 Å². The van der Waals surface area contributed by atoms with Gasteiger partial charge >= 0.3 is 0 Å². The lowest BCUT2D eigenvalue weighted by Crippen LogP contribution is -2.47. The predicted molar refractivity (Wildman–Crippen MR) is 123 cm³/mol. The summed E-state index contributed by atoms with van der Waals surface area (Å²) in [5.74, 6) is 0.715. The first-order valence-electron chi connectivity index (χ1n) is 11.8. The maximum Gasteiger partial charge on any atom is 0.223 e. The van der Waals surface area contributed by atoms with Crippen molar-refractivity contribution in [1.82, 2.24) is 19.7 Å². The van der Waals surface area contributed by atoms with Crippen molar-refractivity contribution >= 4 is 5.91 Å². The molecule has 5 nitrogen and oxygen atoms in total. The van der Waals surface area contributed by atoms with Crippen molar-refractivity contribution in [2.75, 3.05) is 46.3 Å². The van der Waals surface area contributed by atoms with E-state index < -0.39 is 0 Å². The highest BCUT2D eigenvalue weighted by Crippen LogP contribution is 2.52. The average Bonchev–Trinajstić information content (AvgIpc) is 3.10. The van der Waals surface area contributed by atoms with E-state index in [1.165, 1.54) is 29.5 Å². The number of carbonyl (C=O) groups excluding carboxylic acids is 1. The molecular formula is C26H34N4O. The van der Waals surface area contributed by atoms with Crippen LogP contribution in [0.2, 0.25) is 0 Å². The number of hydrogen-bond donors (Lipinski definition) is 0. The molecule has 5 heteroatoms. The first kappa shape index (κ1) is 20.7. The van der Waals surface area contributed by atoms with E-state index in [9.17, 15) is 4.79 Å². The number of fused-ring (bicyclic) bond motifs is 2. The molecule has 0 bridgehead atoms. The molecule has 1 atom stereocenters. The highest BCUT2D eigenvalue weighted by Gasteiger charge is 2.45. The third-order valence-corrected chi connectivity index (χ3v) is 7.83. The highest BCUT2D eigenvalue weighted by molar-refractivity contribution is 5.77. The maximum atomic E-state index is 13.1. The minimum absolute atomic E-state index is 0.245. The summed E-state index contributed by atoms with van der Waals surface area (Å²) in [7, 11) is 2.14. The van der Waals surface area contributed by atoms with E-state index >= 15 is 0 Å². The van der Waals surface area contributed by atoms with Crippen LogP contribution in [0.25, 0.3) is 0 Å². The number of likely N-dealkylation sites (tertiary alicyclic amines) is 1. The molecule has 5 rings (SSSR count). The second kappa shape index (κ2) is 8.71. The summed E-state index contributed by atoms with van der Waals surface area (Å²) in [4.78, 5) is 24.3. The predicted octanol–water partition coefficient (Wildman–Crippen LogP) is 3.27. The summed E-state index contributed by atoms with van der Waals surface area (Å²) in [6, 6.07) is 13.2. The number of nitrogens with zero attached hydrogens (tertiary/aromatic N) is 4. The van der Waals surface area contributed by atoms with Crippen molar-refractivity contribution in [1.29, 1.82) is 0 Å². The lowest BCUT2D eigenvalue weighted by Gasteiger charge is -2.40. The zero-order valence-electron chi connectivity index (χ0n) is 18.7. The van der Waals surface area contributed by atoms with E-state index in [4.69, 9.17) is 0 Å². The monoisotopic (exact) mass is 418 g/mol. The summed E-state index contributed by atoms with van der Waals surface area (Å²) < 4.78 is 0. The van der Waals surface area contributed by atoms with Crippen LogP contribution in [0.1, 0.15) is 48.3 Å². The van der Waals surface area contributed by atoms with E-state index in [-0.39, 0.29) is 5.41 Å². The van der Waals surface area contributed by atoms with Gasteiger partial charge in [-0.25, -0.2) is 0 Å². The quantitative estimate of drug-likeness (QED) is 0.764. The van der Waals surface area contributed by atoms with Crippen LogP contribution in [-0.2, 0) is 16.8 Å². The summed E-state index contributed by atoms with van der Waals surface area (Å²) in [5.41, 5.74) is 4.49. The van der Waals surface area contributed by atoms with Gasteiger partial charge < -0.3 is 9.80 Å². The van der Waals surface area contributed by atoms with Crippen molar-refractivity contribution in [2.45, 2.75) is 43.6 Å². The van der Waals surface area contributed by atoms with E-state index in [0.717, 1.165) is 52.2 Å². The van der Waals surface area contributed by atoms with Gasteiger partial charge in [0.15, 0.2) is 0 Å². The first-order valence-corrected chi connectivity index (χ1v) is 11.8. The van der Waals surface area contributed by atoms with E-state index in [0.29, 0.717) is 18.2 Å². The molecule has 1 aromatic carbocycles. The Morgan fingerprint density at radius 3 is 2.55 bits per heavy atom. The smallest absolute Gasteiger partial charge is 0.223 e. The van der Waals surface area contributed by atoms with E-state index in [1.807, 2.05) is 18.5 Å². The van der Waals surface area contributed by atoms with E-state index in [1.54, 1.807) is 0 Å². The van der Waals surface area contributed by atoms with Gasteiger partial charge in [0, 0.05) is 51.5 Å². The van der Waals surface area contributed by atoms with Crippen LogP contribution in [0.5, 0.6) is 0 Å². The van der Waals surface area contributed by atoms with Crippen LogP contribution in [-0.4, -0.2) is 71.9 Å². The molecule has 0 saturated carbocycles. The van der Waals surface area contributed by atoms with Gasteiger partial charge in [0.05, 0.1) is 0 Å². The van der Waals surface area contributed by atoms with Crippen molar-refractivity contribution in [3.8, 4) is 0 Å². The molecule has 1 amide bonds. The number of carbonyl (C=O) groups is 1. The Kier molecular flexibility index (Phi) is 5.81. The number of pyridine rings is 1. The van der Waals surface area contributed by atoms with Crippen LogP contribution < -0.4 is 0 Å². The third-order valence-electron chi connectivity index (χ3n) is 7.83. The molecule has 3 heterocycles. The summed E-state index contributed by atoms with van der Waals surface area (Å²) in [6.45, 7) is 6.94. The summed E-state index contributed by atoms with van der Waals surface area (Å²) in [6.07, 6.45) is 7.99. The fourth-order valence-electron chi connectivity index (χ4n) is 5.97. The molecule has 0 unspecified atom stereocenters. The maximum absolute atomic E-state index is 13.1. The third kappa shape index (κ3) is 4.26. The lowest BCUT2D eigenvalue weighted by atomic mass is 9.73. The van der Waals surface area contributed by atoms with Gasteiger partial charge in [0.2, 0.25) is 5.91 Å². The zero-order chi connectivity index (χ0) is 21.3. The Morgan fingerprint density at radius 1 is 1.03 bits per heavy atom. The zero-order valence-corrected chi connectivity index (χ0v) is 18.7. The largest absolute Gasteiger partial charge is 0.340 e. The molecule has 0 radical (unpaired) electrons. The number of piperazine rings is 1. The molecule has 164 valence electrons. The Morgan fingerprint density at radius 2 is 1.81 bits per heavy atom.